The van der Waals surface area contributed by atoms with Gasteiger partial charge in [-0.15, -0.1) is 74.6 Å². The quantitative estimate of drug-likeness (QED) is 0.0946. The predicted molar refractivity (Wildman–Crippen MR) is 281 cm³/mol. The summed E-state index contributed by atoms with van der Waals surface area (Å²) in [5, 5.41) is 8.45. The van der Waals surface area contributed by atoms with Gasteiger partial charge in [0.15, 0.2) is 0 Å². The van der Waals surface area contributed by atoms with E-state index in [1.807, 2.05) is 6.07 Å². The molecule has 0 amide bonds. The fraction of sp³-hybridized carbons (Fsp3) is 0.300. The van der Waals surface area contributed by atoms with Gasteiger partial charge >= 0.3 is 37.9 Å². The molecular weight excluding hydrogens is 911 g/mol. The van der Waals surface area contributed by atoms with Crippen LogP contribution in [0.25, 0.3) is 54.9 Å². The number of hydrogen-bond acceptors (Lipinski definition) is 0. The molecule has 0 aliphatic carbocycles. The number of hydrogen-bond donors (Lipinski definition) is 0. The standard InChI is InChI=1S/2C24H29.C12H7Si.2ClH.Zr/c2*1-6-19-11-12-20-14-18(13-16(2)3)15-23(20)24(19)22-10-8-7-9-21(22)17(4)5;1-3-7-11-9(5-1)10-6-2-4-8-12(10)13-11;;;/h2*7-12,14-17H,6,13H2,1-5H3;1-7H;2*1H;/q3*-1;;;+2/p-2. The van der Waals surface area contributed by atoms with E-state index in [9.17, 15) is 0 Å². The molecule has 0 atom stereocenters. The monoisotopic (exact) mass is 973 g/mol. The Hall–Kier alpha value is -3.78. The van der Waals surface area contributed by atoms with Crippen molar-refractivity contribution in [2.24, 2.45) is 11.8 Å². The molecule has 330 valence electrons. The average molecular weight is 976 g/mol. The zero-order chi connectivity index (χ0) is 45.9. The van der Waals surface area contributed by atoms with E-state index in [4.69, 9.17) is 17.0 Å². The molecule has 0 bridgehead atoms. The number of halogens is 2. The Morgan fingerprint density at radius 1 is 0.531 bits per heavy atom. The SMILES string of the molecule is CCc1ccc2[cH-]c(CC(C)C)cc2c1-c1ccccc1C(C)C.CCc1ccc2[cH-]c(CC(C)C)cc2c1-c1ccccc1C(C)C.[Cl][Zr][Cl].[c-]1cccc2c1[Si]c1ccccc1-2. The van der Waals surface area contributed by atoms with Gasteiger partial charge in [-0.25, -0.2) is 0 Å². The van der Waals surface area contributed by atoms with Gasteiger partial charge in [0.1, 0.15) is 0 Å². The van der Waals surface area contributed by atoms with Crippen LogP contribution in [-0.4, -0.2) is 9.52 Å². The van der Waals surface area contributed by atoms with Crippen molar-refractivity contribution in [3.63, 3.8) is 0 Å². The summed E-state index contributed by atoms with van der Waals surface area (Å²) < 4.78 is 0. The Morgan fingerprint density at radius 3 is 1.39 bits per heavy atom. The Labute approximate surface area is 407 Å². The van der Waals surface area contributed by atoms with Gasteiger partial charge in [0.05, 0.1) is 9.52 Å². The molecule has 0 saturated heterocycles. The van der Waals surface area contributed by atoms with Crippen molar-refractivity contribution < 1.29 is 20.8 Å². The minimum Gasteiger partial charge on any atom is -0.184 e. The van der Waals surface area contributed by atoms with Crippen molar-refractivity contribution in [2.75, 3.05) is 0 Å². The third-order valence-electron chi connectivity index (χ3n) is 12.2. The van der Waals surface area contributed by atoms with Crippen molar-refractivity contribution >= 4 is 58.5 Å². The van der Waals surface area contributed by atoms with Crippen LogP contribution in [0.1, 0.15) is 114 Å². The molecule has 4 heteroatoms. The van der Waals surface area contributed by atoms with Crippen molar-refractivity contribution in [2.45, 2.75) is 107 Å². The molecule has 0 N–H and O–H groups in total. The smallest absolute Gasteiger partial charge is 0.0920 e. The van der Waals surface area contributed by atoms with Crippen LogP contribution < -0.4 is 10.4 Å². The molecule has 0 spiro atoms. The Kier molecular flexibility index (Phi) is 18.3. The number of aryl methyl sites for hydroxylation is 2. The van der Waals surface area contributed by atoms with Crippen LogP contribution in [0.4, 0.5) is 0 Å². The first-order chi connectivity index (χ1) is 30.9. The third-order valence-corrected chi connectivity index (χ3v) is 13.5. The zero-order valence-corrected chi connectivity index (χ0v) is 44.6. The molecule has 1 aliphatic rings. The van der Waals surface area contributed by atoms with Gasteiger partial charge in [0.25, 0.3) is 0 Å². The van der Waals surface area contributed by atoms with Crippen LogP contribution >= 0.6 is 17.0 Å². The van der Waals surface area contributed by atoms with E-state index < -0.39 is 20.8 Å². The normalized spacial score (nSPS) is 11.6. The Bertz CT molecular complexity index is 2560. The third kappa shape index (κ3) is 12.0. The second kappa shape index (κ2) is 23.6. The van der Waals surface area contributed by atoms with E-state index in [2.05, 4.69) is 209 Å². The van der Waals surface area contributed by atoms with E-state index in [-0.39, 0.29) is 0 Å². The molecular formula is C60H65Cl2SiZr-3. The summed E-state index contributed by atoms with van der Waals surface area (Å²) in [4.78, 5) is 0. The molecule has 64 heavy (non-hydrogen) atoms. The fourth-order valence-electron chi connectivity index (χ4n) is 9.36. The van der Waals surface area contributed by atoms with Gasteiger partial charge in [-0.3, -0.25) is 0 Å². The van der Waals surface area contributed by atoms with Crippen LogP contribution in [0.5, 0.6) is 0 Å². The minimum atomic E-state index is -0.826. The molecule has 0 unspecified atom stereocenters. The van der Waals surface area contributed by atoms with Gasteiger partial charge in [-0.2, -0.15) is 41.6 Å². The van der Waals surface area contributed by atoms with Gasteiger partial charge in [0.2, 0.25) is 0 Å². The Balaban J connectivity index is 0.000000160. The molecule has 9 rings (SSSR count). The van der Waals surface area contributed by atoms with Gasteiger partial charge in [0, 0.05) is 0 Å². The molecule has 2 radical (unpaired) electrons. The number of fused-ring (bicyclic) bond motifs is 5. The van der Waals surface area contributed by atoms with E-state index in [1.54, 1.807) is 0 Å². The van der Waals surface area contributed by atoms with Crippen LogP contribution in [-0.2, 0) is 46.5 Å². The topological polar surface area (TPSA) is 0 Å². The first-order valence-corrected chi connectivity index (χ1v) is 30.7. The summed E-state index contributed by atoms with van der Waals surface area (Å²) in [5.41, 5.74) is 17.3. The summed E-state index contributed by atoms with van der Waals surface area (Å²) in [6.45, 7) is 22.9. The van der Waals surface area contributed by atoms with Gasteiger partial charge < -0.3 is 0 Å². The molecule has 1 heterocycles. The fourth-order valence-corrected chi connectivity index (χ4v) is 10.7. The van der Waals surface area contributed by atoms with Gasteiger partial charge in [-0.1, -0.05) is 175 Å². The van der Waals surface area contributed by atoms with Crippen LogP contribution in [0.15, 0.2) is 140 Å². The maximum Gasteiger partial charge on any atom is 0.0920 e. The largest absolute Gasteiger partial charge is 0.184 e. The van der Waals surface area contributed by atoms with Crippen molar-refractivity contribution in [1.29, 1.82) is 0 Å². The maximum atomic E-state index is 4.93. The van der Waals surface area contributed by atoms with Crippen LogP contribution in [0.3, 0.4) is 0 Å². The molecule has 1 aliphatic heterocycles. The summed E-state index contributed by atoms with van der Waals surface area (Å²) in [7, 11) is 10.7. The molecule has 0 saturated carbocycles. The van der Waals surface area contributed by atoms with Crippen molar-refractivity contribution in [3.05, 3.63) is 179 Å². The van der Waals surface area contributed by atoms with Crippen molar-refractivity contribution in [1.82, 2.24) is 0 Å². The van der Waals surface area contributed by atoms with Crippen LogP contribution in [0, 0.1) is 17.9 Å². The summed E-state index contributed by atoms with van der Waals surface area (Å²) in [5.74, 6) is 2.45. The van der Waals surface area contributed by atoms with E-state index in [0.717, 1.165) is 35.2 Å². The second-order valence-electron chi connectivity index (χ2n) is 18.5. The summed E-state index contributed by atoms with van der Waals surface area (Å²) in [6, 6.07) is 54.9. The molecule has 8 aromatic rings. The van der Waals surface area contributed by atoms with Crippen LogP contribution in [0.2, 0.25) is 0 Å². The first kappa shape index (κ1) is 49.6. The van der Waals surface area contributed by atoms with E-state index >= 15 is 0 Å². The summed E-state index contributed by atoms with van der Waals surface area (Å²) in [6.07, 6.45) is 4.45. The minimum absolute atomic E-state index is 0.534. The van der Waals surface area contributed by atoms with Crippen molar-refractivity contribution in [3.8, 4) is 33.4 Å². The number of benzene rings is 6. The predicted octanol–water partition coefficient (Wildman–Crippen LogP) is 16.7. The molecule has 0 fully saturated rings. The first-order valence-electron chi connectivity index (χ1n) is 23.3. The molecule has 8 aromatic carbocycles. The molecule has 0 nitrogen and oxygen atoms in total. The summed E-state index contributed by atoms with van der Waals surface area (Å²) >= 11 is -0.826. The zero-order valence-electron chi connectivity index (χ0n) is 39.7. The Morgan fingerprint density at radius 2 is 0.953 bits per heavy atom. The number of rotatable bonds is 10. The second-order valence-corrected chi connectivity index (χ2v) is 23.5. The van der Waals surface area contributed by atoms with Gasteiger partial charge in [-0.05, 0) is 71.6 Å². The van der Waals surface area contributed by atoms with E-state index in [1.165, 1.54) is 98.7 Å². The molecule has 0 aromatic heterocycles. The van der Waals surface area contributed by atoms with E-state index in [0.29, 0.717) is 23.7 Å². The average Bonchev–Trinajstić information content (AvgIpc) is 4.00. The maximum absolute atomic E-state index is 4.93.